The summed E-state index contributed by atoms with van der Waals surface area (Å²) in [6.07, 6.45) is 2.89. The molecule has 1 saturated heterocycles. The van der Waals surface area contributed by atoms with Gasteiger partial charge in [0.05, 0.1) is 27.8 Å². The number of nitrogens with zero attached hydrogens (tertiary/aromatic N) is 3. The van der Waals surface area contributed by atoms with Gasteiger partial charge in [0.25, 0.3) is 0 Å². The van der Waals surface area contributed by atoms with E-state index in [9.17, 15) is 9.90 Å². The molecule has 6 heteroatoms. The second-order valence-electron chi connectivity index (χ2n) is 6.96. The third kappa shape index (κ3) is 2.66. The van der Waals surface area contributed by atoms with Crippen LogP contribution in [0.25, 0.3) is 11.0 Å². The third-order valence-corrected chi connectivity index (χ3v) is 5.58. The Balaban J connectivity index is 0.00000169. The molecule has 2 fully saturated rings. The maximum Gasteiger partial charge on any atom is 0.311 e. The number of fused-ring (bicyclic) bond motifs is 2. The number of benzene rings is 1. The molecule has 1 N–H and O–H groups in total. The standard InChI is InChI=1S/C18H21N3O2.ClH/c1-12-16(20-15-7-3-2-6-14(15)19-12)10-21-9-13-5-4-8-18(13,11-21)17(22)23;/h2-3,6-7,13H,4-5,8-11H2,1H3,(H,22,23);1H/t13-,18+;/m0./s1. The van der Waals surface area contributed by atoms with Gasteiger partial charge in [0.1, 0.15) is 0 Å². The van der Waals surface area contributed by atoms with Crippen molar-refractivity contribution in [3.8, 4) is 0 Å². The van der Waals surface area contributed by atoms with Crippen LogP contribution in [0.4, 0.5) is 0 Å². The minimum Gasteiger partial charge on any atom is -0.481 e. The summed E-state index contributed by atoms with van der Waals surface area (Å²) >= 11 is 0. The number of aliphatic carboxylic acids is 1. The molecule has 1 aromatic carbocycles. The molecular formula is C18H22ClN3O2. The summed E-state index contributed by atoms with van der Waals surface area (Å²) in [5, 5.41) is 9.70. The van der Waals surface area contributed by atoms with Gasteiger partial charge in [-0.3, -0.25) is 9.69 Å². The van der Waals surface area contributed by atoms with Crippen molar-refractivity contribution in [1.82, 2.24) is 14.9 Å². The lowest BCUT2D eigenvalue weighted by atomic mass is 9.81. The minimum atomic E-state index is -0.621. The number of halogens is 1. The highest BCUT2D eigenvalue weighted by atomic mass is 35.5. The number of carboxylic acids is 1. The molecular weight excluding hydrogens is 326 g/mol. The first-order valence-corrected chi connectivity index (χ1v) is 8.26. The van der Waals surface area contributed by atoms with Crippen molar-refractivity contribution in [2.24, 2.45) is 11.3 Å². The van der Waals surface area contributed by atoms with Crippen LogP contribution in [0.2, 0.25) is 0 Å². The molecule has 0 amide bonds. The molecule has 0 radical (unpaired) electrons. The van der Waals surface area contributed by atoms with Gasteiger partial charge < -0.3 is 5.11 Å². The summed E-state index contributed by atoms with van der Waals surface area (Å²) in [7, 11) is 0. The number of aromatic nitrogens is 2. The molecule has 0 unspecified atom stereocenters. The highest BCUT2D eigenvalue weighted by Gasteiger charge is 2.54. The van der Waals surface area contributed by atoms with Gasteiger partial charge in [-0.1, -0.05) is 18.6 Å². The number of likely N-dealkylation sites (tertiary alicyclic amines) is 1. The summed E-state index contributed by atoms with van der Waals surface area (Å²) in [6, 6.07) is 7.88. The molecule has 2 aliphatic rings. The van der Waals surface area contributed by atoms with Crippen LogP contribution in [0.3, 0.4) is 0 Å². The Labute approximate surface area is 147 Å². The van der Waals surface area contributed by atoms with Crippen LogP contribution in [0.5, 0.6) is 0 Å². The monoisotopic (exact) mass is 347 g/mol. The number of carboxylic acid groups (broad SMARTS) is 1. The summed E-state index contributed by atoms with van der Waals surface area (Å²) in [6.45, 7) is 4.18. The van der Waals surface area contributed by atoms with Gasteiger partial charge in [0.2, 0.25) is 0 Å². The van der Waals surface area contributed by atoms with E-state index in [0.717, 1.165) is 48.2 Å². The fourth-order valence-corrected chi connectivity index (χ4v) is 4.35. The zero-order chi connectivity index (χ0) is 16.0. The SMILES string of the molecule is Cc1nc2ccccc2nc1CN1C[C@@H]2CCC[C@@]2(C(=O)O)C1.Cl. The highest BCUT2D eigenvalue weighted by molar-refractivity contribution is 5.85. The van der Waals surface area contributed by atoms with Crippen molar-refractivity contribution in [3.63, 3.8) is 0 Å². The average molecular weight is 348 g/mol. The lowest BCUT2D eigenvalue weighted by Gasteiger charge is -2.23. The molecule has 0 spiro atoms. The van der Waals surface area contributed by atoms with E-state index in [1.807, 2.05) is 31.2 Å². The fourth-order valence-electron chi connectivity index (χ4n) is 4.35. The van der Waals surface area contributed by atoms with E-state index in [2.05, 4.69) is 9.88 Å². The van der Waals surface area contributed by atoms with Crippen LogP contribution < -0.4 is 0 Å². The van der Waals surface area contributed by atoms with Gasteiger partial charge in [0.15, 0.2) is 0 Å². The van der Waals surface area contributed by atoms with Gasteiger partial charge in [-0.05, 0) is 37.8 Å². The fraction of sp³-hybridized carbons (Fsp3) is 0.500. The molecule has 2 aromatic rings. The highest BCUT2D eigenvalue weighted by Crippen LogP contribution is 2.49. The first-order valence-electron chi connectivity index (χ1n) is 8.26. The Bertz CT molecular complexity index is 782. The summed E-state index contributed by atoms with van der Waals surface area (Å²) in [5.41, 5.74) is 3.18. The van der Waals surface area contributed by atoms with Crippen molar-refractivity contribution in [3.05, 3.63) is 35.7 Å². The second-order valence-corrected chi connectivity index (χ2v) is 6.96. The van der Waals surface area contributed by atoms with E-state index in [4.69, 9.17) is 4.98 Å². The topological polar surface area (TPSA) is 66.3 Å². The van der Waals surface area contributed by atoms with Crippen molar-refractivity contribution in [2.75, 3.05) is 13.1 Å². The Hall–Kier alpha value is -1.72. The van der Waals surface area contributed by atoms with E-state index in [0.29, 0.717) is 13.1 Å². The minimum absolute atomic E-state index is 0. The molecule has 1 aromatic heterocycles. The van der Waals surface area contributed by atoms with Gasteiger partial charge in [-0.25, -0.2) is 9.97 Å². The molecule has 2 atom stereocenters. The third-order valence-electron chi connectivity index (χ3n) is 5.58. The van der Waals surface area contributed by atoms with Crippen LogP contribution in [-0.4, -0.2) is 39.0 Å². The van der Waals surface area contributed by atoms with Crippen molar-refractivity contribution >= 4 is 29.4 Å². The van der Waals surface area contributed by atoms with Crippen molar-refractivity contribution in [1.29, 1.82) is 0 Å². The lowest BCUT2D eigenvalue weighted by Crippen LogP contribution is -2.35. The first kappa shape index (κ1) is 17.1. The van der Waals surface area contributed by atoms with Gasteiger partial charge in [-0.15, -0.1) is 12.4 Å². The quantitative estimate of drug-likeness (QED) is 0.924. The van der Waals surface area contributed by atoms with E-state index >= 15 is 0 Å². The number of para-hydroxylation sites is 2. The van der Waals surface area contributed by atoms with E-state index in [-0.39, 0.29) is 18.3 Å². The molecule has 1 aliphatic heterocycles. The van der Waals surface area contributed by atoms with Crippen LogP contribution in [-0.2, 0) is 11.3 Å². The van der Waals surface area contributed by atoms with Gasteiger partial charge >= 0.3 is 5.97 Å². The van der Waals surface area contributed by atoms with E-state index in [1.165, 1.54) is 0 Å². The van der Waals surface area contributed by atoms with Crippen LogP contribution in [0.1, 0.15) is 30.7 Å². The molecule has 24 heavy (non-hydrogen) atoms. The Kier molecular flexibility index (Phi) is 4.49. The van der Waals surface area contributed by atoms with E-state index < -0.39 is 11.4 Å². The maximum atomic E-state index is 11.8. The van der Waals surface area contributed by atoms with Crippen molar-refractivity contribution in [2.45, 2.75) is 32.7 Å². The average Bonchev–Trinajstić information content (AvgIpc) is 3.06. The van der Waals surface area contributed by atoms with Crippen LogP contribution >= 0.6 is 12.4 Å². The number of hydrogen-bond acceptors (Lipinski definition) is 4. The number of carbonyl (C=O) groups is 1. The Morgan fingerprint density at radius 3 is 2.71 bits per heavy atom. The predicted molar refractivity (Wildman–Crippen MR) is 94.2 cm³/mol. The Morgan fingerprint density at radius 1 is 1.33 bits per heavy atom. The number of aryl methyl sites for hydroxylation is 1. The summed E-state index contributed by atoms with van der Waals surface area (Å²) in [5.74, 6) is -0.336. The maximum absolute atomic E-state index is 11.8. The van der Waals surface area contributed by atoms with Gasteiger partial charge in [0, 0.05) is 19.6 Å². The van der Waals surface area contributed by atoms with E-state index in [1.54, 1.807) is 0 Å². The molecule has 4 rings (SSSR count). The first-order chi connectivity index (χ1) is 11.1. The molecule has 128 valence electrons. The van der Waals surface area contributed by atoms with Crippen LogP contribution in [0.15, 0.2) is 24.3 Å². The molecule has 0 bridgehead atoms. The lowest BCUT2D eigenvalue weighted by molar-refractivity contribution is -0.149. The number of hydrogen-bond donors (Lipinski definition) is 1. The zero-order valence-electron chi connectivity index (χ0n) is 13.7. The molecule has 5 nitrogen and oxygen atoms in total. The second kappa shape index (κ2) is 6.30. The Morgan fingerprint density at radius 2 is 2.04 bits per heavy atom. The number of rotatable bonds is 3. The summed E-state index contributed by atoms with van der Waals surface area (Å²) < 4.78 is 0. The zero-order valence-corrected chi connectivity index (χ0v) is 14.6. The predicted octanol–water partition coefficient (Wildman–Crippen LogP) is 3.05. The molecule has 1 aliphatic carbocycles. The van der Waals surface area contributed by atoms with Crippen LogP contribution in [0, 0.1) is 18.3 Å². The molecule has 2 heterocycles. The van der Waals surface area contributed by atoms with Gasteiger partial charge in [-0.2, -0.15) is 0 Å². The smallest absolute Gasteiger partial charge is 0.311 e. The molecule has 1 saturated carbocycles. The normalized spacial score (nSPS) is 26.3. The largest absolute Gasteiger partial charge is 0.481 e. The summed E-state index contributed by atoms with van der Waals surface area (Å²) in [4.78, 5) is 23.4. The van der Waals surface area contributed by atoms with Crippen molar-refractivity contribution < 1.29 is 9.90 Å².